The molecule has 1 N–H and O–H groups in total. The summed E-state index contributed by atoms with van der Waals surface area (Å²) >= 11 is 0. The molecule has 3 rings (SSSR count). The zero-order chi connectivity index (χ0) is 20.3. The van der Waals surface area contributed by atoms with Gasteiger partial charge in [0.05, 0.1) is 37.0 Å². The number of nitrogens with zero attached hydrogens (tertiary/aromatic N) is 2. The number of anilines is 1. The summed E-state index contributed by atoms with van der Waals surface area (Å²) < 4.78 is 36.5. The molecule has 1 aromatic heterocycles. The van der Waals surface area contributed by atoms with Crippen LogP contribution in [0.4, 0.5) is 5.69 Å². The molecule has 1 aromatic carbocycles. The van der Waals surface area contributed by atoms with E-state index in [1.807, 2.05) is 12.1 Å². The summed E-state index contributed by atoms with van der Waals surface area (Å²) in [5.74, 6) is 0.961. The number of nitrogens with one attached hydrogen (secondary N) is 1. The smallest absolute Gasteiger partial charge is 0.242 e. The van der Waals surface area contributed by atoms with Crippen LogP contribution in [0.15, 0.2) is 45.9 Å². The minimum Gasteiger partial charge on any atom is -0.495 e. The highest BCUT2D eigenvalue weighted by Gasteiger charge is 2.31. The molecule has 2 aromatic rings. The molecule has 0 atom stereocenters. The van der Waals surface area contributed by atoms with Gasteiger partial charge in [-0.2, -0.15) is 0 Å². The Balaban J connectivity index is 1.75. The van der Waals surface area contributed by atoms with Gasteiger partial charge in [-0.05, 0) is 43.2 Å². The van der Waals surface area contributed by atoms with E-state index in [0.29, 0.717) is 24.0 Å². The Bertz CT molecular complexity index is 921. The van der Waals surface area contributed by atoms with Crippen molar-refractivity contribution in [3.63, 3.8) is 0 Å². The Morgan fingerprint density at radius 1 is 1.29 bits per heavy atom. The van der Waals surface area contributed by atoms with Crippen LogP contribution < -0.4 is 10.1 Å². The van der Waals surface area contributed by atoms with Gasteiger partial charge >= 0.3 is 0 Å². The van der Waals surface area contributed by atoms with Crippen LogP contribution in [0.1, 0.15) is 18.6 Å². The molecule has 1 fully saturated rings. The van der Waals surface area contributed by atoms with Gasteiger partial charge in [-0.1, -0.05) is 0 Å². The van der Waals surface area contributed by atoms with E-state index < -0.39 is 10.0 Å². The highest BCUT2D eigenvalue weighted by atomic mass is 32.2. The first kappa shape index (κ1) is 20.4. The molecule has 9 heteroatoms. The van der Waals surface area contributed by atoms with E-state index in [2.05, 4.69) is 10.2 Å². The molecule has 0 unspecified atom stereocenters. The highest BCUT2D eigenvalue weighted by molar-refractivity contribution is 7.89. The van der Waals surface area contributed by atoms with Crippen LogP contribution >= 0.6 is 0 Å². The number of methoxy groups -OCH3 is 1. The van der Waals surface area contributed by atoms with Gasteiger partial charge in [0.2, 0.25) is 15.9 Å². The number of hydrogen-bond donors (Lipinski definition) is 1. The lowest BCUT2D eigenvalue weighted by molar-refractivity contribution is -0.117. The van der Waals surface area contributed by atoms with Crippen LogP contribution in [0, 0.1) is 0 Å². The molecule has 1 heterocycles. The molecular formula is C19H25N3O5S. The van der Waals surface area contributed by atoms with Gasteiger partial charge in [0.15, 0.2) is 0 Å². The van der Waals surface area contributed by atoms with Crippen LogP contribution in [0.5, 0.6) is 5.75 Å². The zero-order valence-electron chi connectivity index (χ0n) is 16.2. The van der Waals surface area contributed by atoms with Gasteiger partial charge < -0.3 is 14.5 Å². The quantitative estimate of drug-likeness (QED) is 0.685. The molecule has 152 valence electrons. The number of sulfonamides is 1. The summed E-state index contributed by atoms with van der Waals surface area (Å²) in [6.45, 7) is 0.733. The van der Waals surface area contributed by atoms with Crippen LogP contribution in [-0.2, 0) is 21.4 Å². The average molecular weight is 407 g/mol. The van der Waals surface area contributed by atoms with Crippen molar-refractivity contribution in [1.82, 2.24) is 9.21 Å². The van der Waals surface area contributed by atoms with Crippen LogP contribution in [0.25, 0.3) is 0 Å². The minimum absolute atomic E-state index is 0.0863. The Labute approximate surface area is 165 Å². The predicted octanol–water partition coefficient (Wildman–Crippen LogP) is 2.14. The lowest BCUT2D eigenvalue weighted by atomic mass is 10.3. The molecule has 0 radical (unpaired) electrons. The van der Waals surface area contributed by atoms with E-state index >= 15 is 0 Å². The monoisotopic (exact) mass is 407 g/mol. The number of hydrogen-bond acceptors (Lipinski definition) is 6. The maximum Gasteiger partial charge on any atom is 0.242 e. The largest absolute Gasteiger partial charge is 0.495 e. The lowest BCUT2D eigenvalue weighted by Gasteiger charge is -2.21. The molecule has 1 aliphatic carbocycles. The summed E-state index contributed by atoms with van der Waals surface area (Å²) in [6.07, 6.45) is 3.71. The molecular weight excluding hydrogens is 382 g/mol. The SMILES string of the molecule is COc1ccc(S(=O)(=O)N(C)C)cc1NC(=O)CN(Cc1ccco1)C1CC1. The maximum atomic E-state index is 12.6. The number of rotatable bonds is 9. The molecule has 0 bridgehead atoms. The van der Waals surface area contributed by atoms with Crippen molar-refractivity contribution in [2.24, 2.45) is 0 Å². The predicted molar refractivity (Wildman–Crippen MR) is 105 cm³/mol. The topological polar surface area (TPSA) is 92.1 Å². The average Bonchev–Trinajstić information content (AvgIpc) is 3.38. The zero-order valence-corrected chi connectivity index (χ0v) is 17.0. The Morgan fingerprint density at radius 3 is 2.61 bits per heavy atom. The Hall–Kier alpha value is -2.36. The summed E-state index contributed by atoms with van der Waals surface area (Å²) in [5, 5.41) is 2.79. The van der Waals surface area contributed by atoms with Crippen molar-refractivity contribution in [3.8, 4) is 5.75 Å². The molecule has 1 saturated carbocycles. The number of benzene rings is 1. The minimum atomic E-state index is -3.62. The highest BCUT2D eigenvalue weighted by Crippen LogP contribution is 2.30. The number of carbonyl (C=O) groups excluding carboxylic acids is 1. The molecule has 0 saturated heterocycles. The van der Waals surface area contributed by atoms with Crippen molar-refractivity contribution in [1.29, 1.82) is 0 Å². The van der Waals surface area contributed by atoms with Crippen molar-refractivity contribution in [3.05, 3.63) is 42.4 Å². The Morgan fingerprint density at radius 2 is 2.04 bits per heavy atom. The van der Waals surface area contributed by atoms with E-state index in [1.165, 1.54) is 39.4 Å². The lowest BCUT2D eigenvalue weighted by Crippen LogP contribution is -2.34. The first-order valence-corrected chi connectivity index (χ1v) is 10.4. The summed E-state index contributed by atoms with van der Waals surface area (Å²) in [4.78, 5) is 14.8. The molecule has 0 spiro atoms. The van der Waals surface area contributed by atoms with Crippen molar-refractivity contribution in [2.45, 2.75) is 30.3 Å². The van der Waals surface area contributed by atoms with E-state index in [1.54, 1.807) is 6.26 Å². The van der Waals surface area contributed by atoms with Gasteiger partial charge in [0.1, 0.15) is 11.5 Å². The third-order valence-corrected chi connectivity index (χ3v) is 6.38. The van der Waals surface area contributed by atoms with Gasteiger partial charge in [0, 0.05) is 20.1 Å². The van der Waals surface area contributed by atoms with Crippen LogP contribution in [0.3, 0.4) is 0 Å². The van der Waals surface area contributed by atoms with Crippen LogP contribution in [0.2, 0.25) is 0 Å². The maximum absolute atomic E-state index is 12.6. The first-order valence-electron chi connectivity index (χ1n) is 8.98. The fourth-order valence-electron chi connectivity index (χ4n) is 2.89. The van der Waals surface area contributed by atoms with E-state index in [4.69, 9.17) is 9.15 Å². The molecule has 28 heavy (non-hydrogen) atoms. The second-order valence-corrected chi connectivity index (χ2v) is 9.07. The Kier molecular flexibility index (Phi) is 6.07. The van der Waals surface area contributed by atoms with Gasteiger partial charge in [0.25, 0.3) is 0 Å². The van der Waals surface area contributed by atoms with Crippen molar-refractivity contribution >= 4 is 21.6 Å². The number of carbonyl (C=O) groups is 1. The third-order valence-electron chi connectivity index (χ3n) is 4.57. The fourth-order valence-corrected chi connectivity index (χ4v) is 3.82. The van der Waals surface area contributed by atoms with E-state index in [9.17, 15) is 13.2 Å². The normalized spacial score (nSPS) is 14.5. The fraction of sp³-hybridized carbons (Fsp3) is 0.421. The summed E-state index contributed by atoms with van der Waals surface area (Å²) in [6, 6.07) is 8.47. The van der Waals surface area contributed by atoms with Gasteiger partial charge in [-0.25, -0.2) is 12.7 Å². The van der Waals surface area contributed by atoms with E-state index in [-0.39, 0.29) is 17.3 Å². The second-order valence-electron chi connectivity index (χ2n) is 6.91. The van der Waals surface area contributed by atoms with Crippen molar-refractivity contribution in [2.75, 3.05) is 33.1 Å². The summed E-state index contributed by atoms with van der Waals surface area (Å²) in [7, 11) is 0.770. The van der Waals surface area contributed by atoms with E-state index in [0.717, 1.165) is 22.9 Å². The first-order chi connectivity index (χ1) is 13.3. The standard InChI is InChI=1S/C19H25N3O5S/c1-21(2)28(24,25)16-8-9-18(26-3)17(11-16)20-19(23)13-22(14-6-7-14)12-15-5-4-10-27-15/h4-5,8-11,14H,6-7,12-13H2,1-3H3,(H,20,23). The number of amides is 1. The molecule has 0 aliphatic heterocycles. The second kappa shape index (κ2) is 8.34. The molecule has 8 nitrogen and oxygen atoms in total. The number of ether oxygens (including phenoxy) is 1. The number of furan rings is 1. The summed E-state index contributed by atoms with van der Waals surface area (Å²) in [5.41, 5.74) is 0.323. The molecule has 1 amide bonds. The molecule has 1 aliphatic rings. The van der Waals surface area contributed by atoms with Gasteiger partial charge in [-0.3, -0.25) is 9.69 Å². The van der Waals surface area contributed by atoms with Crippen LogP contribution in [-0.4, -0.2) is 57.3 Å². The third kappa shape index (κ3) is 4.73. The van der Waals surface area contributed by atoms with Crippen molar-refractivity contribution < 1.29 is 22.4 Å². The van der Waals surface area contributed by atoms with Gasteiger partial charge in [-0.15, -0.1) is 0 Å².